The molecule has 1 aliphatic rings. The summed E-state index contributed by atoms with van der Waals surface area (Å²) in [5, 5.41) is 0. The molecule has 1 heterocycles. The van der Waals surface area contributed by atoms with Gasteiger partial charge in [0.15, 0.2) is 0 Å². The zero-order valence-corrected chi connectivity index (χ0v) is 9.76. The van der Waals surface area contributed by atoms with Crippen LogP contribution in [0, 0.1) is 5.92 Å². The Balaban J connectivity index is 2.21. The van der Waals surface area contributed by atoms with E-state index < -0.39 is 0 Å². The van der Waals surface area contributed by atoms with Gasteiger partial charge in [0.2, 0.25) is 5.91 Å². The molecule has 2 heteroatoms. The molecule has 2 nitrogen and oxygen atoms in total. The average Bonchev–Trinajstić information content (AvgIpc) is 2.61. The summed E-state index contributed by atoms with van der Waals surface area (Å²) in [7, 11) is 0. The van der Waals surface area contributed by atoms with Crippen LogP contribution in [0.5, 0.6) is 0 Å². The molecular formula is C14H17NO. The Morgan fingerprint density at radius 2 is 1.94 bits per heavy atom. The van der Waals surface area contributed by atoms with E-state index in [4.69, 9.17) is 0 Å². The molecule has 1 aromatic rings. The molecule has 1 aliphatic heterocycles. The van der Waals surface area contributed by atoms with E-state index in [1.165, 1.54) is 5.56 Å². The maximum absolute atomic E-state index is 11.7. The molecule has 0 N–H and O–H groups in total. The first-order chi connectivity index (χ1) is 7.68. The molecule has 16 heavy (non-hydrogen) atoms. The average molecular weight is 215 g/mol. The zero-order chi connectivity index (χ0) is 11.5. The highest BCUT2D eigenvalue weighted by atomic mass is 16.2. The first-order valence-corrected chi connectivity index (χ1v) is 5.72. The predicted molar refractivity (Wildman–Crippen MR) is 64.9 cm³/mol. The van der Waals surface area contributed by atoms with Gasteiger partial charge in [-0.1, -0.05) is 50.3 Å². The lowest BCUT2D eigenvalue weighted by atomic mass is 10.1. The van der Waals surface area contributed by atoms with Gasteiger partial charge in [-0.05, 0) is 11.5 Å². The molecule has 1 atom stereocenters. The Hall–Kier alpha value is -1.57. The quantitative estimate of drug-likeness (QED) is 0.759. The third kappa shape index (κ3) is 2.16. The molecule has 1 amide bonds. The van der Waals surface area contributed by atoms with Gasteiger partial charge in [0.25, 0.3) is 0 Å². The molecule has 84 valence electrons. The second-order valence-electron chi connectivity index (χ2n) is 4.60. The summed E-state index contributed by atoms with van der Waals surface area (Å²) in [6, 6.07) is 10.3. The fraction of sp³-hybridized carbons (Fsp3) is 0.357. The third-order valence-corrected chi connectivity index (χ3v) is 2.74. The van der Waals surface area contributed by atoms with Gasteiger partial charge in [0, 0.05) is 12.6 Å². The maximum atomic E-state index is 11.7. The van der Waals surface area contributed by atoms with Crippen molar-refractivity contribution in [3.05, 3.63) is 48.0 Å². The molecule has 2 rings (SSSR count). The summed E-state index contributed by atoms with van der Waals surface area (Å²) >= 11 is 0. The van der Waals surface area contributed by atoms with Crippen LogP contribution in [0.15, 0.2) is 42.5 Å². The summed E-state index contributed by atoms with van der Waals surface area (Å²) in [4.78, 5) is 13.7. The van der Waals surface area contributed by atoms with Crippen molar-refractivity contribution in [2.24, 2.45) is 5.92 Å². The number of hydrogen-bond donors (Lipinski definition) is 0. The van der Waals surface area contributed by atoms with Crippen molar-refractivity contribution in [2.45, 2.75) is 19.9 Å². The molecule has 0 saturated heterocycles. The highest BCUT2D eigenvalue weighted by Crippen LogP contribution is 2.27. The van der Waals surface area contributed by atoms with Crippen LogP contribution in [0.1, 0.15) is 25.5 Å². The Bertz CT molecular complexity index is 394. The van der Waals surface area contributed by atoms with E-state index in [0.29, 0.717) is 5.92 Å². The van der Waals surface area contributed by atoms with Crippen molar-refractivity contribution in [2.75, 3.05) is 6.54 Å². The second-order valence-corrected chi connectivity index (χ2v) is 4.60. The van der Waals surface area contributed by atoms with Gasteiger partial charge in [0.05, 0.1) is 6.04 Å². The molecule has 1 unspecified atom stereocenters. The van der Waals surface area contributed by atoms with E-state index in [0.717, 1.165) is 6.54 Å². The van der Waals surface area contributed by atoms with Crippen molar-refractivity contribution < 1.29 is 4.79 Å². The minimum absolute atomic E-state index is 0.121. The second kappa shape index (κ2) is 4.52. The van der Waals surface area contributed by atoms with E-state index >= 15 is 0 Å². The highest BCUT2D eigenvalue weighted by Gasteiger charge is 2.26. The van der Waals surface area contributed by atoms with Crippen LogP contribution in [-0.2, 0) is 4.79 Å². The van der Waals surface area contributed by atoms with Crippen molar-refractivity contribution in [1.82, 2.24) is 4.90 Å². The first kappa shape index (κ1) is 10.9. The number of nitrogens with zero attached hydrogens (tertiary/aromatic N) is 1. The summed E-state index contributed by atoms with van der Waals surface area (Å²) < 4.78 is 0. The van der Waals surface area contributed by atoms with E-state index in [1.54, 1.807) is 6.08 Å². The minimum atomic E-state index is 0.121. The van der Waals surface area contributed by atoms with Gasteiger partial charge in [-0.15, -0.1) is 0 Å². The van der Waals surface area contributed by atoms with E-state index in [-0.39, 0.29) is 11.9 Å². The van der Waals surface area contributed by atoms with Crippen LogP contribution >= 0.6 is 0 Å². The largest absolute Gasteiger partial charge is 0.328 e. The normalized spacial score (nSPS) is 19.8. The van der Waals surface area contributed by atoms with Gasteiger partial charge in [-0.2, -0.15) is 0 Å². The molecule has 0 aliphatic carbocycles. The lowest BCUT2D eigenvalue weighted by Gasteiger charge is -2.26. The van der Waals surface area contributed by atoms with Crippen LogP contribution in [0.25, 0.3) is 0 Å². The lowest BCUT2D eigenvalue weighted by molar-refractivity contribution is -0.126. The summed E-state index contributed by atoms with van der Waals surface area (Å²) in [5.41, 5.74) is 1.19. The summed E-state index contributed by atoms with van der Waals surface area (Å²) in [5.74, 6) is 0.623. The molecule has 0 radical (unpaired) electrons. The maximum Gasteiger partial charge on any atom is 0.247 e. The number of carbonyl (C=O) groups excluding carboxylic acids is 1. The Morgan fingerprint density at radius 3 is 2.56 bits per heavy atom. The molecule has 0 fully saturated rings. The van der Waals surface area contributed by atoms with E-state index in [9.17, 15) is 4.79 Å². The number of rotatable bonds is 3. The van der Waals surface area contributed by atoms with Gasteiger partial charge in [-0.3, -0.25) is 4.79 Å². The summed E-state index contributed by atoms with van der Waals surface area (Å²) in [6.45, 7) is 5.08. The van der Waals surface area contributed by atoms with Crippen LogP contribution in [0.4, 0.5) is 0 Å². The van der Waals surface area contributed by atoms with Crippen molar-refractivity contribution in [3.63, 3.8) is 0 Å². The van der Waals surface area contributed by atoms with Gasteiger partial charge >= 0.3 is 0 Å². The predicted octanol–water partition coefficient (Wildman–Crippen LogP) is 2.78. The van der Waals surface area contributed by atoms with Crippen molar-refractivity contribution in [1.29, 1.82) is 0 Å². The highest BCUT2D eigenvalue weighted by molar-refractivity contribution is 5.90. The fourth-order valence-electron chi connectivity index (χ4n) is 2.05. The third-order valence-electron chi connectivity index (χ3n) is 2.74. The zero-order valence-electron chi connectivity index (χ0n) is 9.76. The lowest BCUT2D eigenvalue weighted by Crippen LogP contribution is -2.31. The molecular weight excluding hydrogens is 198 g/mol. The van der Waals surface area contributed by atoms with Gasteiger partial charge in [-0.25, -0.2) is 0 Å². The molecule has 0 aromatic heterocycles. The van der Waals surface area contributed by atoms with Crippen LogP contribution < -0.4 is 0 Å². The van der Waals surface area contributed by atoms with Crippen LogP contribution in [-0.4, -0.2) is 17.4 Å². The van der Waals surface area contributed by atoms with E-state index in [1.807, 2.05) is 29.2 Å². The SMILES string of the molecule is CC(C)CN1C(=O)C=CC1c1ccccc1. The van der Waals surface area contributed by atoms with Crippen LogP contribution in [0.3, 0.4) is 0 Å². The standard InChI is InChI=1S/C14H17NO/c1-11(2)10-15-13(8-9-14(15)16)12-6-4-3-5-7-12/h3-9,11,13H,10H2,1-2H3. The molecule has 1 aromatic carbocycles. The molecule has 0 spiro atoms. The number of amides is 1. The Kier molecular flexibility index (Phi) is 3.09. The van der Waals surface area contributed by atoms with Crippen LogP contribution in [0.2, 0.25) is 0 Å². The number of hydrogen-bond acceptors (Lipinski definition) is 1. The number of carbonyl (C=O) groups is 1. The molecule has 0 bridgehead atoms. The van der Waals surface area contributed by atoms with Gasteiger partial charge in [0.1, 0.15) is 0 Å². The van der Waals surface area contributed by atoms with E-state index in [2.05, 4.69) is 26.0 Å². The fourth-order valence-corrected chi connectivity index (χ4v) is 2.05. The smallest absolute Gasteiger partial charge is 0.247 e. The topological polar surface area (TPSA) is 20.3 Å². The monoisotopic (exact) mass is 215 g/mol. The first-order valence-electron chi connectivity index (χ1n) is 5.72. The number of benzene rings is 1. The minimum Gasteiger partial charge on any atom is -0.328 e. The summed E-state index contributed by atoms with van der Waals surface area (Å²) in [6.07, 6.45) is 3.67. The molecule has 0 saturated carbocycles. The Morgan fingerprint density at radius 1 is 1.25 bits per heavy atom. The Labute approximate surface area is 96.6 Å². The van der Waals surface area contributed by atoms with Crippen molar-refractivity contribution >= 4 is 5.91 Å². The van der Waals surface area contributed by atoms with Gasteiger partial charge < -0.3 is 4.90 Å². The van der Waals surface area contributed by atoms with Crippen molar-refractivity contribution in [3.8, 4) is 0 Å².